The summed E-state index contributed by atoms with van der Waals surface area (Å²) in [7, 11) is 0. The Morgan fingerprint density at radius 2 is 2.22 bits per heavy atom. The lowest BCUT2D eigenvalue weighted by molar-refractivity contribution is 0.0951. The molecule has 1 N–H and O–H groups in total. The second kappa shape index (κ2) is 5.30. The Bertz CT molecular complexity index is 558. The Morgan fingerprint density at radius 3 is 2.78 bits per heavy atom. The molecule has 0 bridgehead atoms. The number of nitrogens with one attached hydrogen (secondary N) is 1. The summed E-state index contributed by atoms with van der Waals surface area (Å²) >= 11 is 1.30. The summed E-state index contributed by atoms with van der Waals surface area (Å²) < 4.78 is 5.98. The van der Waals surface area contributed by atoms with E-state index >= 15 is 0 Å². The first kappa shape index (κ1) is 12.8. The van der Waals surface area contributed by atoms with Crippen molar-refractivity contribution in [2.24, 2.45) is 0 Å². The van der Waals surface area contributed by atoms with Crippen LogP contribution in [0.2, 0.25) is 0 Å². The van der Waals surface area contributed by atoms with Gasteiger partial charge in [-0.3, -0.25) is 9.48 Å². The second-order valence-corrected chi connectivity index (χ2v) is 4.85. The van der Waals surface area contributed by atoms with Gasteiger partial charge < -0.3 is 5.32 Å². The minimum Gasteiger partial charge on any atom is -0.350 e. The van der Waals surface area contributed by atoms with E-state index in [-0.39, 0.29) is 5.91 Å². The Balaban J connectivity index is 1.88. The van der Waals surface area contributed by atoms with Gasteiger partial charge in [0.1, 0.15) is 0 Å². The van der Waals surface area contributed by atoms with Gasteiger partial charge in [0, 0.05) is 17.6 Å². The molecule has 0 aromatic carbocycles. The van der Waals surface area contributed by atoms with Crippen molar-refractivity contribution in [2.75, 3.05) is 6.54 Å². The molecule has 0 aliphatic heterocycles. The van der Waals surface area contributed by atoms with Crippen LogP contribution in [0.1, 0.15) is 27.4 Å². The maximum absolute atomic E-state index is 11.8. The number of hydrogen-bond donors (Lipinski definition) is 1. The zero-order chi connectivity index (χ0) is 13.1. The van der Waals surface area contributed by atoms with Crippen LogP contribution in [-0.4, -0.2) is 26.6 Å². The van der Waals surface area contributed by atoms with Crippen molar-refractivity contribution in [3.05, 3.63) is 34.1 Å². The average Bonchev–Trinajstić information content (AvgIpc) is 2.85. The fraction of sp³-hybridized carbons (Fsp3) is 0.417. The number of amides is 1. The van der Waals surface area contributed by atoms with E-state index in [1.54, 1.807) is 5.38 Å². The smallest absolute Gasteiger partial charge is 0.254 e. The Hall–Kier alpha value is -1.69. The molecule has 2 rings (SSSR count). The number of nitrogens with zero attached hydrogens (tertiary/aromatic N) is 3. The molecule has 0 saturated carbocycles. The van der Waals surface area contributed by atoms with Crippen LogP contribution in [0.25, 0.3) is 0 Å². The maximum atomic E-state index is 11.8. The van der Waals surface area contributed by atoms with E-state index in [1.165, 1.54) is 11.5 Å². The minimum absolute atomic E-state index is 0.0669. The quantitative estimate of drug-likeness (QED) is 0.914. The van der Waals surface area contributed by atoms with E-state index in [9.17, 15) is 4.79 Å². The highest BCUT2D eigenvalue weighted by Gasteiger charge is 2.10. The van der Waals surface area contributed by atoms with Crippen LogP contribution in [0, 0.1) is 20.8 Å². The minimum atomic E-state index is -0.0669. The molecule has 0 radical (unpaired) electrons. The molecular weight excluding hydrogens is 248 g/mol. The lowest BCUT2D eigenvalue weighted by Crippen LogP contribution is -2.28. The van der Waals surface area contributed by atoms with Crippen LogP contribution in [0.4, 0.5) is 0 Å². The molecule has 0 spiro atoms. The molecule has 0 saturated heterocycles. The maximum Gasteiger partial charge on any atom is 0.254 e. The number of aryl methyl sites for hydroxylation is 3. The van der Waals surface area contributed by atoms with E-state index in [2.05, 4.69) is 14.8 Å². The van der Waals surface area contributed by atoms with E-state index in [1.807, 2.05) is 31.5 Å². The average molecular weight is 264 g/mol. The van der Waals surface area contributed by atoms with Crippen molar-refractivity contribution >= 4 is 17.4 Å². The summed E-state index contributed by atoms with van der Waals surface area (Å²) in [4.78, 5) is 11.8. The summed E-state index contributed by atoms with van der Waals surface area (Å²) in [5, 5.41) is 8.99. The molecule has 18 heavy (non-hydrogen) atoms. The first-order valence-corrected chi connectivity index (χ1v) is 6.62. The summed E-state index contributed by atoms with van der Waals surface area (Å²) in [6, 6.07) is 2.02. The van der Waals surface area contributed by atoms with Crippen molar-refractivity contribution in [2.45, 2.75) is 27.3 Å². The fourth-order valence-corrected chi connectivity index (χ4v) is 2.47. The van der Waals surface area contributed by atoms with Gasteiger partial charge in [0.2, 0.25) is 0 Å². The highest BCUT2D eigenvalue weighted by Crippen LogP contribution is 2.08. The van der Waals surface area contributed by atoms with Crippen molar-refractivity contribution in [1.29, 1.82) is 0 Å². The highest BCUT2D eigenvalue weighted by atomic mass is 32.1. The zero-order valence-electron chi connectivity index (χ0n) is 10.7. The van der Waals surface area contributed by atoms with Gasteiger partial charge >= 0.3 is 0 Å². The van der Waals surface area contributed by atoms with Gasteiger partial charge in [-0.1, -0.05) is 0 Å². The summed E-state index contributed by atoms with van der Waals surface area (Å²) in [6.45, 7) is 7.06. The molecular formula is C12H16N4OS. The first-order valence-electron chi connectivity index (χ1n) is 5.78. The van der Waals surface area contributed by atoms with Crippen molar-refractivity contribution < 1.29 is 4.79 Å². The summed E-state index contributed by atoms with van der Waals surface area (Å²) in [6.07, 6.45) is 0. The highest BCUT2D eigenvalue weighted by molar-refractivity contribution is 7.03. The molecule has 2 aromatic heterocycles. The molecule has 0 atom stereocenters. The standard InChI is InChI=1S/C12H16N4OS/c1-8-6-9(2)16(14-8)5-4-13-12(17)11-7-18-15-10(11)3/h6-7H,4-5H2,1-3H3,(H,13,17). The van der Waals surface area contributed by atoms with Crippen LogP contribution in [0.3, 0.4) is 0 Å². The number of aromatic nitrogens is 3. The molecule has 6 heteroatoms. The topological polar surface area (TPSA) is 59.8 Å². The van der Waals surface area contributed by atoms with Crippen LogP contribution >= 0.6 is 11.5 Å². The van der Waals surface area contributed by atoms with Gasteiger partial charge in [-0.15, -0.1) is 0 Å². The van der Waals surface area contributed by atoms with Gasteiger partial charge in [0.05, 0.1) is 23.5 Å². The van der Waals surface area contributed by atoms with Crippen molar-refractivity contribution in [3.8, 4) is 0 Å². The third kappa shape index (κ3) is 2.76. The summed E-state index contributed by atoms with van der Waals surface area (Å²) in [5.41, 5.74) is 3.55. The number of rotatable bonds is 4. The van der Waals surface area contributed by atoms with Crippen LogP contribution < -0.4 is 5.32 Å². The lowest BCUT2D eigenvalue weighted by atomic mass is 10.2. The first-order chi connectivity index (χ1) is 8.58. The molecule has 2 heterocycles. The predicted molar refractivity (Wildman–Crippen MR) is 70.9 cm³/mol. The largest absolute Gasteiger partial charge is 0.350 e. The van der Waals surface area contributed by atoms with E-state index < -0.39 is 0 Å². The van der Waals surface area contributed by atoms with Crippen molar-refractivity contribution in [3.63, 3.8) is 0 Å². The van der Waals surface area contributed by atoms with Crippen LogP contribution in [0.5, 0.6) is 0 Å². The number of carbonyl (C=O) groups excluding carboxylic acids is 1. The van der Waals surface area contributed by atoms with Gasteiger partial charge in [-0.05, 0) is 38.4 Å². The van der Waals surface area contributed by atoms with Crippen LogP contribution in [0.15, 0.2) is 11.4 Å². The predicted octanol–water partition coefficient (Wildman–Crippen LogP) is 1.69. The Morgan fingerprint density at radius 1 is 1.44 bits per heavy atom. The number of hydrogen-bond acceptors (Lipinski definition) is 4. The molecule has 0 unspecified atom stereocenters. The van der Waals surface area contributed by atoms with Gasteiger partial charge in [0.15, 0.2) is 0 Å². The van der Waals surface area contributed by atoms with Crippen molar-refractivity contribution in [1.82, 2.24) is 19.5 Å². The fourth-order valence-electron chi connectivity index (χ4n) is 1.78. The lowest BCUT2D eigenvalue weighted by Gasteiger charge is -2.06. The molecule has 2 aromatic rings. The molecule has 0 aliphatic rings. The van der Waals surface area contributed by atoms with E-state index in [0.717, 1.165) is 17.1 Å². The monoisotopic (exact) mass is 264 g/mol. The van der Waals surface area contributed by atoms with Crippen LogP contribution in [-0.2, 0) is 6.54 Å². The SMILES string of the molecule is Cc1cc(C)n(CCNC(=O)c2csnc2C)n1. The molecule has 96 valence electrons. The third-order valence-corrected chi connectivity index (χ3v) is 3.43. The van der Waals surface area contributed by atoms with Gasteiger partial charge in [0.25, 0.3) is 5.91 Å². The van der Waals surface area contributed by atoms with E-state index in [4.69, 9.17) is 0 Å². The molecule has 1 amide bonds. The Labute approximate surface area is 110 Å². The van der Waals surface area contributed by atoms with Gasteiger partial charge in [-0.25, -0.2) is 0 Å². The molecule has 0 fully saturated rings. The van der Waals surface area contributed by atoms with Gasteiger partial charge in [-0.2, -0.15) is 9.47 Å². The normalized spacial score (nSPS) is 10.6. The zero-order valence-corrected chi connectivity index (χ0v) is 11.5. The number of carbonyl (C=O) groups is 1. The van der Waals surface area contributed by atoms with E-state index in [0.29, 0.717) is 18.7 Å². The molecule has 0 aliphatic carbocycles. The third-order valence-electron chi connectivity index (χ3n) is 2.71. The second-order valence-electron chi connectivity index (χ2n) is 4.22. The summed E-state index contributed by atoms with van der Waals surface area (Å²) in [5.74, 6) is -0.0669. The molecule has 5 nitrogen and oxygen atoms in total. The Kier molecular flexibility index (Phi) is 3.76.